The second-order valence-electron chi connectivity index (χ2n) is 8.72. The summed E-state index contributed by atoms with van der Waals surface area (Å²) in [6, 6.07) is 16.5. The lowest BCUT2D eigenvalue weighted by Gasteiger charge is -2.35. The number of aryl methyl sites for hydroxylation is 1. The summed E-state index contributed by atoms with van der Waals surface area (Å²) in [6.45, 7) is 4.24. The van der Waals surface area contributed by atoms with E-state index in [0.717, 1.165) is 43.9 Å². The third-order valence-corrected chi connectivity index (χ3v) is 6.36. The Balaban J connectivity index is 1.41. The molecule has 3 heterocycles. The molecule has 0 bridgehead atoms. The Labute approximate surface area is 201 Å². The summed E-state index contributed by atoms with van der Waals surface area (Å²) in [5, 5.41) is 0. The predicted molar refractivity (Wildman–Crippen MR) is 135 cm³/mol. The van der Waals surface area contributed by atoms with Gasteiger partial charge in [-0.2, -0.15) is 4.98 Å². The van der Waals surface area contributed by atoms with Crippen LogP contribution in [0.1, 0.15) is 11.1 Å². The molecule has 8 nitrogen and oxygen atoms in total. The van der Waals surface area contributed by atoms with Gasteiger partial charge >= 0.3 is 5.69 Å². The summed E-state index contributed by atoms with van der Waals surface area (Å²) < 4.78 is 16.5. The van der Waals surface area contributed by atoms with E-state index in [1.54, 1.807) is 7.05 Å². The van der Waals surface area contributed by atoms with Gasteiger partial charge in [0.1, 0.15) is 5.82 Å². The average Bonchev–Trinajstić information content (AvgIpc) is 3.25. The number of fused-ring (bicyclic) bond motifs is 1. The van der Waals surface area contributed by atoms with Crippen LogP contribution in [0.3, 0.4) is 0 Å². The van der Waals surface area contributed by atoms with Crippen LogP contribution in [0.4, 0.5) is 10.3 Å². The highest BCUT2D eigenvalue weighted by molar-refractivity contribution is 5.74. The molecule has 0 radical (unpaired) electrons. The van der Waals surface area contributed by atoms with Gasteiger partial charge in [-0.3, -0.25) is 19.2 Å². The van der Waals surface area contributed by atoms with E-state index in [2.05, 4.69) is 14.8 Å². The van der Waals surface area contributed by atoms with Crippen LogP contribution in [0.15, 0.2) is 70.3 Å². The first-order valence-corrected chi connectivity index (χ1v) is 11.6. The molecule has 4 aromatic rings. The molecule has 1 N–H and O–H groups in total. The fourth-order valence-electron chi connectivity index (χ4n) is 4.45. The second kappa shape index (κ2) is 9.71. The minimum Gasteiger partial charge on any atom is -0.340 e. The predicted octanol–water partition coefficient (Wildman–Crippen LogP) is 2.60. The zero-order valence-corrected chi connectivity index (χ0v) is 19.5. The molecule has 0 spiro atoms. The number of nitrogens with one attached hydrogen (secondary N) is 1. The van der Waals surface area contributed by atoms with Gasteiger partial charge in [0.2, 0.25) is 5.95 Å². The molecular weight excluding hydrogens is 447 g/mol. The van der Waals surface area contributed by atoms with E-state index >= 15 is 0 Å². The van der Waals surface area contributed by atoms with Gasteiger partial charge in [0.25, 0.3) is 5.56 Å². The van der Waals surface area contributed by atoms with Gasteiger partial charge in [0.15, 0.2) is 11.2 Å². The Bertz CT molecular complexity index is 1460. The van der Waals surface area contributed by atoms with Crippen LogP contribution in [0, 0.1) is 5.82 Å². The van der Waals surface area contributed by atoms with Gasteiger partial charge in [-0.25, -0.2) is 9.18 Å². The standard InChI is InChI=1S/C26H27FN6O2/c1-30-23-22(24(34)29-26(30)35)33(13-5-8-19-6-3-2-4-7-19)25(28-23)32-16-14-31(15-17-32)18-20-9-11-21(27)12-10-20/h2-12H,13-18H2,1H3,(H,29,34,35)/b8-5+. The van der Waals surface area contributed by atoms with Gasteiger partial charge in [-0.1, -0.05) is 54.6 Å². The summed E-state index contributed by atoms with van der Waals surface area (Å²) >= 11 is 0. The lowest BCUT2D eigenvalue weighted by molar-refractivity contribution is 0.248. The number of anilines is 1. The number of allylic oxidation sites excluding steroid dienone is 1. The van der Waals surface area contributed by atoms with E-state index in [0.29, 0.717) is 23.7 Å². The topological polar surface area (TPSA) is 79.2 Å². The van der Waals surface area contributed by atoms with Crippen molar-refractivity contribution >= 4 is 23.2 Å². The van der Waals surface area contributed by atoms with E-state index in [-0.39, 0.29) is 5.82 Å². The van der Waals surface area contributed by atoms with Crippen LogP contribution in [0.5, 0.6) is 0 Å². The molecule has 0 amide bonds. The number of rotatable bonds is 6. The van der Waals surface area contributed by atoms with Gasteiger partial charge in [0.05, 0.1) is 0 Å². The summed E-state index contributed by atoms with van der Waals surface area (Å²) in [7, 11) is 1.61. The molecule has 2 aromatic carbocycles. The van der Waals surface area contributed by atoms with E-state index in [9.17, 15) is 14.0 Å². The zero-order chi connectivity index (χ0) is 24.4. The maximum atomic E-state index is 13.2. The number of H-pyrrole nitrogens is 1. The maximum absolute atomic E-state index is 13.2. The Morgan fingerprint density at radius 2 is 1.71 bits per heavy atom. The number of aromatic nitrogens is 4. The molecule has 1 aliphatic rings. The second-order valence-corrected chi connectivity index (χ2v) is 8.72. The number of piperazine rings is 1. The van der Waals surface area contributed by atoms with Crippen molar-refractivity contribution in [1.82, 2.24) is 24.0 Å². The van der Waals surface area contributed by atoms with Crippen molar-refractivity contribution in [2.24, 2.45) is 7.05 Å². The van der Waals surface area contributed by atoms with Crippen molar-refractivity contribution in [3.63, 3.8) is 0 Å². The molecule has 1 aliphatic heterocycles. The van der Waals surface area contributed by atoms with Gasteiger partial charge < -0.3 is 9.47 Å². The fraction of sp³-hybridized carbons (Fsp3) is 0.269. The zero-order valence-electron chi connectivity index (χ0n) is 19.5. The highest BCUT2D eigenvalue weighted by Gasteiger charge is 2.24. The molecule has 0 unspecified atom stereocenters. The molecule has 180 valence electrons. The lowest BCUT2D eigenvalue weighted by atomic mass is 10.2. The number of nitrogens with zero attached hydrogens (tertiary/aromatic N) is 5. The van der Waals surface area contributed by atoms with Crippen molar-refractivity contribution < 1.29 is 4.39 Å². The molecule has 0 saturated carbocycles. The first-order chi connectivity index (χ1) is 17.0. The van der Waals surface area contributed by atoms with Crippen LogP contribution in [0.2, 0.25) is 0 Å². The van der Waals surface area contributed by atoms with Crippen LogP contribution in [-0.2, 0) is 20.1 Å². The monoisotopic (exact) mass is 474 g/mol. The minimum absolute atomic E-state index is 0.233. The van der Waals surface area contributed by atoms with E-state index < -0.39 is 11.2 Å². The van der Waals surface area contributed by atoms with Crippen molar-refractivity contribution in [3.05, 3.63) is 98.5 Å². The Morgan fingerprint density at radius 1 is 1.00 bits per heavy atom. The largest absolute Gasteiger partial charge is 0.340 e. The van der Waals surface area contributed by atoms with Crippen LogP contribution in [0.25, 0.3) is 17.2 Å². The fourth-order valence-corrected chi connectivity index (χ4v) is 4.45. The van der Waals surface area contributed by atoms with Gasteiger partial charge in [0, 0.05) is 46.3 Å². The molecule has 0 aliphatic carbocycles. The van der Waals surface area contributed by atoms with Crippen LogP contribution < -0.4 is 16.1 Å². The van der Waals surface area contributed by atoms with Crippen molar-refractivity contribution in [2.45, 2.75) is 13.1 Å². The third kappa shape index (κ3) is 4.81. The van der Waals surface area contributed by atoms with E-state index in [1.807, 2.05) is 59.2 Å². The molecule has 35 heavy (non-hydrogen) atoms. The molecule has 9 heteroatoms. The van der Waals surface area contributed by atoms with Crippen molar-refractivity contribution in [1.29, 1.82) is 0 Å². The van der Waals surface area contributed by atoms with E-state index in [4.69, 9.17) is 4.98 Å². The number of benzene rings is 2. The number of imidazole rings is 1. The van der Waals surface area contributed by atoms with Gasteiger partial charge in [-0.15, -0.1) is 0 Å². The Morgan fingerprint density at radius 3 is 2.43 bits per heavy atom. The normalized spacial score (nSPS) is 14.9. The molecule has 2 aromatic heterocycles. The quantitative estimate of drug-likeness (QED) is 0.465. The number of aromatic amines is 1. The summed E-state index contributed by atoms with van der Waals surface area (Å²) in [4.78, 5) is 36.6. The summed E-state index contributed by atoms with van der Waals surface area (Å²) in [5.74, 6) is 0.439. The molecule has 5 rings (SSSR count). The molecule has 1 saturated heterocycles. The minimum atomic E-state index is -0.484. The van der Waals surface area contributed by atoms with Crippen molar-refractivity contribution in [3.8, 4) is 0 Å². The average molecular weight is 475 g/mol. The summed E-state index contributed by atoms with van der Waals surface area (Å²) in [5.41, 5.74) is 1.96. The lowest BCUT2D eigenvalue weighted by Crippen LogP contribution is -2.46. The number of hydrogen-bond acceptors (Lipinski definition) is 5. The van der Waals surface area contributed by atoms with E-state index in [1.165, 1.54) is 16.7 Å². The molecule has 1 fully saturated rings. The first-order valence-electron chi connectivity index (χ1n) is 11.6. The number of halogens is 1. The maximum Gasteiger partial charge on any atom is 0.329 e. The smallest absolute Gasteiger partial charge is 0.329 e. The highest BCUT2D eigenvalue weighted by Crippen LogP contribution is 2.22. The SMILES string of the molecule is Cn1c(=O)[nH]c(=O)c2c1nc(N1CCN(Cc3ccc(F)cc3)CC1)n2C/C=C/c1ccccc1. The van der Waals surface area contributed by atoms with Crippen LogP contribution >= 0.6 is 0 Å². The Hall–Kier alpha value is -3.98. The van der Waals surface area contributed by atoms with Crippen LogP contribution in [-0.4, -0.2) is 50.2 Å². The summed E-state index contributed by atoms with van der Waals surface area (Å²) in [6.07, 6.45) is 4.00. The van der Waals surface area contributed by atoms with Gasteiger partial charge in [-0.05, 0) is 23.3 Å². The molecular formula is C26H27FN6O2. The third-order valence-electron chi connectivity index (χ3n) is 6.36. The highest BCUT2D eigenvalue weighted by atomic mass is 19.1. The first kappa shape index (κ1) is 22.8. The Kier molecular flexibility index (Phi) is 6.33. The molecule has 0 atom stereocenters. The van der Waals surface area contributed by atoms with Crippen molar-refractivity contribution in [2.75, 3.05) is 31.1 Å². The number of hydrogen-bond donors (Lipinski definition) is 1.